The third-order valence-electron chi connectivity index (χ3n) is 4.24. The van der Waals surface area contributed by atoms with E-state index >= 15 is 0 Å². The van der Waals surface area contributed by atoms with Gasteiger partial charge in [-0.05, 0) is 48.4 Å². The lowest BCUT2D eigenvalue weighted by Crippen LogP contribution is -2.26. The first kappa shape index (κ1) is 18.3. The first-order valence-electron chi connectivity index (χ1n) is 7.97. The van der Waals surface area contributed by atoms with Crippen LogP contribution in [0.5, 0.6) is 5.75 Å². The number of fused-ring (bicyclic) bond motifs is 1. The van der Waals surface area contributed by atoms with E-state index < -0.39 is 15.8 Å². The number of aryl methyl sites for hydroxylation is 1. The van der Waals surface area contributed by atoms with E-state index in [9.17, 15) is 12.8 Å². The van der Waals surface area contributed by atoms with Gasteiger partial charge in [0.15, 0.2) is 11.6 Å². The van der Waals surface area contributed by atoms with Crippen LogP contribution in [0.15, 0.2) is 53.6 Å². The van der Waals surface area contributed by atoms with Gasteiger partial charge in [-0.25, -0.2) is 12.8 Å². The van der Waals surface area contributed by atoms with E-state index in [0.717, 1.165) is 5.56 Å². The molecule has 0 amide bonds. The van der Waals surface area contributed by atoms with E-state index in [1.165, 1.54) is 30.6 Å². The van der Waals surface area contributed by atoms with Crippen LogP contribution in [0.25, 0.3) is 10.9 Å². The molecule has 0 unspecified atom stereocenters. The number of benzene rings is 2. The van der Waals surface area contributed by atoms with Crippen LogP contribution in [0.3, 0.4) is 0 Å². The highest BCUT2D eigenvalue weighted by Crippen LogP contribution is 2.27. The Hall–Kier alpha value is -2.51. The number of aromatic nitrogens is 1. The van der Waals surface area contributed by atoms with Crippen molar-refractivity contribution in [2.75, 3.05) is 14.2 Å². The maximum atomic E-state index is 13.9. The van der Waals surface area contributed by atoms with Crippen LogP contribution in [0.1, 0.15) is 11.1 Å². The molecule has 0 saturated carbocycles. The molecule has 0 N–H and O–H groups in total. The van der Waals surface area contributed by atoms with Crippen molar-refractivity contribution in [3.63, 3.8) is 0 Å². The molecule has 0 radical (unpaired) electrons. The fourth-order valence-corrected chi connectivity index (χ4v) is 4.17. The third-order valence-corrected chi connectivity index (χ3v) is 6.10. The van der Waals surface area contributed by atoms with Gasteiger partial charge < -0.3 is 4.74 Å². The number of pyridine rings is 1. The molecule has 7 heteroatoms. The number of rotatable bonds is 5. The van der Waals surface area contributed by atoms with Crippen LogP contribution in [-0.2, 0) is 16.6 Å². The average Bonchev–Trinajstić information content (AvgIpc) is 2.62. The summed E-state index contributed by atoms with van der Waals surface area (Å²) in [6.45, 7) is 1.93. The standard InChI is InChI=1S/C19H19FN2O3S/c1-13-6-9-18(15-5-4-10-21-19(13)15)26(23,24)22(2)12-14-7-8-17(25-3)16(20)11-14/h4-11H,12H2,1-3H3. The second-order valence-corrected chi connectivity index (χ2v) is 8.02. The van der Waals surface area contributed by atoms with Gasteiger partial charge in [0.25, 0.3) is 0 Å². The Balaban J connectivity index is 1.98. The maximum absolute atomic E-state index is 13.9. The van der Waals surface area contributed by atoms with Crippen molar-refractivity contribution in [3.05, 3.63) is 65.6 Å². The van der Waals surface area contributed by atoms with Crippen molar-refractivity contribution in [2.24, 2.45) is 0 Å². The largest absolute Gasteiger partial charge is 0.494 e. The van der Waals surface area contributed by atoms with Gasteiger partial charge in [0.1, 0.15) is 0 Å². The zero-order valence-corrected chi connectivity index (χ0v) is 15.5. The van der Waals surface area contributed by atoms with E-state index in [1.807, 2.05) is 6.92 Å². The van der Waals surface area contributed by atoms with Crippen LogP contribution < -0.4 is 4.74 Å². The average molecular weight is 374 g/mol. The second kappa shape index (κ2) is 7.01. The molecule has 0 atom stereocenters. The molecule has 3 rings (SSSR count). The molecule has 0 aliphatic heterocycles. The lowest BCUT2D eigenvalue weighted by Gasteiger charge is -2.19. The minimum Gasteiger partial charge on any atom is -0.494 e. The Morgan fingerprint density at radius 2 is 1.96 bits per heavy atom. The van der Waals surface area contributed by atoms with E-state index in [4.69, 9.17) is 4.74 Å². The maximum Gasteiger partial charge on any atom is 0.243 e. The van der Waals surface area contributed by atoms with Crippen molar-refractivity contribution in [2.45, 2.75) is 18.4 Å². The molecule has 136 valence electrons. The van der Waals surface area contributed by atoms with Crippen LogP contribution in [-0.4, -0.2) is 31.9 Å². The van der Waals surface area contributed by atoms with Crippen molar-refractivity contribution in [1.29, 1.82) is 0 Å². The Morgan fingerprint density at radius 1 is 1.19 bits per heavy atom. The smallest absolute Gasteiger partial charge is 0.243 e. The molecule has 0 aliphatic rings. The van der Waals surface area contributed by atoms with Gasteiger partial charge >= 0.3 is 0 Å². The summed E-state index contributed by atoms with van der Waals surface area (Å²) in [5.74, 6) is -0.407. The third kappa shape index (κ3) is 3.27. The number of methoxy groups -OCH3 is 1. The molecule has 1 heterocycles. The minimum absolute atomic E-state index is 0.0406. The topological polar surface area (TPSA) is 59.5 Å². The summed E-state index contributed by atoms with van der Waals surface area (Å²) in [5, 5.41) is 0.570. The predicted octanol–water partition coefficient (Wildman–Crippen LogP) is 3.51. The second-order valence-electron chi connectivity index (χ2n) is 6.01. The van der Waals surface area contributed by atoms with Gasteiger partial charge in [0.2, 0.25) is 10.0 Å². The number of sulfonamides is 1. The van der Waals surface area contributed by atoms with Crippen molar-refractivity contribution < 1.29 is 17.5 Å². The SMILES string of the molecule is COc1ccc(CN(C)S(=O)(=O)c2ccc(C)c3ncccc23)cc1F. The molecule has 26 heavy (non-hydrogen) atoms. The molecule has 0 spiro atoms. The van der Waals surface area contributed by atoms with E-state index in [2.05, 4.69) is 4.98 Å². The zero-order chi connectivity index (χ0) is 18.9. The Morgan fingerprint density at radius 3 is 2.65 bits per heavy atom. The lowest BCUT2D eigenvalue weighted by atomic mass is 10.1. The van der Waals surface area contributed by atoms with E-state index in [-0.39, 0.29) is 17.2 Å². The molecule has 0 fully saturated rings. The van der Waals surface area contributed by atoms with Crippen molar-refractivity contribution >= 4 is 20.9 Å². The summed E-state index contributed by atoms with van der Waals surface area (Å²) in [6, 6.07) is 11.2. The Kier molecular flexibility index (Phi) is 4.93. The highest BCUT2D eigenvalue weighted by molar-refractivity contribution is 7.89. The molecule has 1 aromatic heterocycles. The molecule has 0 aliphatic carbocycles. The number of hydrogen-bond acceptors (Lipinski definition) is 4. The molecule has 0 bridgehead atoms. The van der Waals surface area contributed by atoms with Gasteiger partial charge in [-0.3, -0.25) is 4.98 Å². The number of halogens is 1. The number of ether oxygens (including phenoxy) is 1. The van der Waals surface area contributed by atoms with Crippen LogP contribution in [0.2, 0.25) is 0 Å². The van der Waals surface area contributed by atoms with Crippen LogP contribution >= 0.6 is 0 Å². The fraction of sp³-hybridized carbons (Fsp3) is 0.211. The minimum atomic E-state index is -3.77. The lowest BCUT2D eigenvalue weighted by molar-refractivity contribution is 0.385. The van der Waals surface area contributed by atoms with Crippen molar-refractivity contribution in [1.82, 2.24) is 9.29 Å². The Labute approximate surface area is 152 Å². The highest BCUT2D eigenvalue weighted by atomic mass is 32.2. The molecule has 0 saturated heterocycles. The highest BCUT2D eigenvalue weighted by Gasteiger charge is 2.24. The summed E-state index contributed by atoms with van der Waals surface area (Å²) in [4.78, 5) is 4.47. The molecular formula is C19H19FN2O3S. The molecular weight excluding hydrogens is 355 g/mol. The first-order valence-corrected chi connectivity index (χ1v) is 9.41. The normalized spacial score (nSPS) is 11.9. The summed E-state index contributed by atoms with van der Waals surface area (Å²) < 4.78 is 46.1. The van der Waals surface area contributed by atoms with Crippen LogP contribution in [0.4, 0.5) is 4.39 Å². The van der Waals surface area contributed by atoms with E-state index in [0.29, 0.717) is 16.5 Å². The van der Waals surface area contributed by atoms with Gasteiger partial charge in [0, 0.05) is 25.2 Å². The quantitative estimate of drug-likeness (QED) is 0.686. The monoisotopic (exact) mass is 374 g/mol. The number of nitrogens with zero attached hydrogens (tertiary/aromatic N) is 2. The van der Waals surface area contributed by atoms with Gasteiger partial charge in [-0.15, -0.1) is 0 Å². The summed E-state index contributed by atoms with van der Waals surface area (Å²) >= 11 is 0. The Bertz CT molecular complexity index is 1070. The molecule has 2 aromatic carbocycles. The zero-order valence-electron chi connectivity index (χ0n) is 14.7. The van der Waals surface area contributed by atoms with E-state index in [1.54, 1.807) is 36.5 Å². The fourth-order valence-electron chi connectivity index (χ4n) is 2.83. The van der Waals surface area contributed by atoms with Crippen LogP contribution in [0, 0.1) is 12.7 Å². The first-order chi connectivity index (χ1) is 12.3. The number of hydrogen-bond donors (Lipinski definition) is 0. The summed E-state index contributed by atoms with van der Waals surface area (Å²) in [7, 11) is -0.918. The predicted molar refractivity (Wildman–Crippen MR) is 98.1 cm³/mol. The van der Waals surface area contributed by atoms with Gasteiger partial charge in [-0.1, -0.05) is 12.1 Å². The van der Waals surface area contributed by atoms with Gasteiger partial charge in [-0.2, -0.15) is 4.31 Å². The molecule has 5 nitrogen and oxygen atoms in total. The van der Waals surface area contributed by atoms with Crippen molar-refractivity contribution in [3.8, 4) is 5.75 Å². The van der Waals surface area contributed by atoms with Gasteiger partial charge in [0.05, 0.1) is 17.5 Å². The molecule has 3 aromatic rings. The summed E-state index contributed by atoms with van der Waals surface area (Å²) in [5.41, 5.74) is 2.08. The summed E-state index contributed by atoms with van der Waals surface area (Å²) in [6.07, 6.45) is 1.63.